The third kappa shape index (κ3) is 5.82. The van der Waals surface area contributed by atoms with E-state index in [1.807, 2.05) is 30.3 Å². The van der Waals surface area contributed by atoms with Crippen molar-refractivity contribution < 1.29 is 14.1 Å². The maximum atomic E-state index is 13.5. The summed E-state index contributed by atoms with van der Waals surface area (Å²) in [5, 5.41) is 15.2. The predicted molar refractivity (Wildman–Crippen MR) is 157 cm³/mol. The number of anilines is 1. The number of aliphatic imine (C=N–C) groups is 1. The van der Waals surface area contributed by atoms with Gasteiger partial charge in [0.05, 0.1) is 21.7 Å². The van der Waals surface area contributed by atoms with Gasteiger partial charge in [0.1, 0.15) is 16.5 Å². The highest BCUT2D eigenvalue weighted by atomic mass is 35.5. The summed E-state index contributed by atoms with van der Waals surface area (Å²) in [7, 11) is 0. The third-order valence-corrected chi connectivity index (χ3v) is 8.58. The molecule has 7 nitrogen and oxygen atoms in total. The number of nitrogens with zero attached hydrogens (tertiary/aromatic N) is 2. The molecule has 1 N–H and O–H groups in total. The maximum Gasteiger partial charge on any atom is 0.270 e. The molecule has 0 fully saturated rings. The first-order chi connectivity index (χ1) is 18.6. The van der Waals surface area contributed by atoms with Crippen LogP contribution in [0, 0.1) is 21.4 Å². The quantitative estimate of drug-likeness (QED) is 0.144. The highest BCUT2D eigenvalue weighted by Crippen LogP contribution is 2.45. The second kappa shape index (κ2) is 10.8. The van der Waals surface area contributed by atoms with E-state index in [0.717, 1.165) is 30.5 Å². The Morgan fingerprint density at radius 2 is 1.95 bits per heavy atom. The van der Waals surface area contributed by atoms with Gasteiger partial charge in [0.25, 0.3) is 11.6 Å². The largest absolute Gasteiger partial charge is 0.455 e. The molecule has 5 rings (SSSR count). The van der Waals surface area contributed by atoms with Crippen molar-refractivity contribution in [2.24, 2.45) is 16.3 Å². The standard InChI is InChI=1S/C30H28ClN3O4S/c1-30(2,3)18-9-12-22-26(15-18)39-29(27(22)28(35)33-19-7-5-4-6-8-19)32-17-21-11-14-25(38-21)23-16-20(34(36)37)10-13-24(23)31/h4-8,10-11,13-14,16-18H,9,12,15H2,1-3H3,(H,33,35)/t18-/m0/s1. The molecule has 0 radical (unpaired) electrons. The van der Waals surface area contributed by atoms with Crippen molar-refractivity contribution in [3.05, 3.63) is 97.6 Å². The monoisotopic (exact) mass is 561 g/mol. The molecule has 0 unspecified atom stereocenters. The van der Waals surface area contributed by atoms with Crippen LogP contribution in [-0.2, 0) is 12.8 Å². The summed E-state index contributed by atoms with van der Waals surface area (Å²) in [6.45, 7) is 6.79. The lowest BCUT2D eigenvalue weighted by molar-refractivity contribution is -0.384. The molecule has 2 heterocycles. The Bertz CT molecular complexity index is 1570. The molecule has 0 aliphatic heterocycles. The SMILES string of the molecule is CC(C)(C)[C@H]1CCc2c(sc(N=Cc3ccc(-c4cc([N+](=O)[O-])ccc4Cl)o3)c2C(=O)Nc2ccccc2)C1. The molecule has 2 aromatic carbocycles. The number of fused-ring (bicyclic) bond motifs is 1. The Morgan fingerprint density at radius 3 is 2.67 bits per heavy atom. The van der Waals surface area contributed by atoms with Gasteiger partial charge in [-0.3, -0.25) is 14.9 Å². The lowest BCUT2D eigenvalue weighted by atomic mass is 9.72. The molecule has 9 heteroatoms. The first kappa shape index (κ1) is 26.8. The van der Waals surface area contributed by atoms with E-state index < -0.39 is 4.92 Å². The lowest BCUT2D eigenvalue weighted by Gasteiger charge is -2.33. The van der Waals surface area contributed by atoms with Gasteiger partial charge in [-0.2, -0.15) is 0 Å². The van der Waals surface area contributed by atoms with E-state index in [0.29, 0.717) is 38.6 Å². The second-order valence-corrected chi connectivity index (χ2v) is 12.2. The van der Waals surface area contributed by atoms with Gasteiger partial charge < -0.3 is 9.73 Å². The average Bonchev–Trinajstić information content (AvgIpc) is 3.51. The number of carbonyl (C=O) groups is 1. The fourth-order valence-corrected chi connectivity index (χ4v) is 6.34. The van der Waals surface area contributed by atoms with Crippen LogP contribution in [0.15, 0.2) is 70.1 Å². The minimum atomic E-state index is -0.476. The van der Waals surface area contributed by atoms with Crippen molar-refractivity contribution in [2.75, 3.05) is 5.32 Å². The molecule has 1 aliphatic carbocycles. The molecule has 0 saturated heterocycles. The summed E-state index contributed by atoms with van der Waals surface area (Å²) in [5.74, 6) is 1.19. The van der Waals surface area contributed by atoms with E-state index in [2.05, 4.69) is 26.1 Å². The van der Waals surface area contributed by atoms with E-state index in [1.54, 1.807) is 29.7 Å². The predicted octanol–water partition coefficient (Wildman–Crippen LogP) is 8.72. The van der Waals surface area contributed by atoms with Gasteiger partial charge in [0, 0.05) is 28.3 Å². The smallest absolute Gasteiger partial charge is 0.270 e. The highest BCUT2D eigenvalue weighted by molar-refractivity contribution is 7.16. The third-order valence-electron chi connectivity index (χ3n) is 7.09. The highest BCUT2D eigenvalue weighted by Gasteiger charge is 2.33. The minimum absolute atomic E-state index is 0.0761. The summed E-state index contributed by atoms with van der Waals surface area (Å²) in [6.07, 6.45) is 4.35. The number of benzene rings is 2. The van der Waals surface area contributed by atoms with Crippen LogP contribution in [0.4, 0.5) is 16.4 Å². The van der Waals surface area contributed by atoms with Crippen molar-refractivity contribution >= 4 is 51.4 Å². The number of amides is 1. The van der Waals surface area contributed by atoms with Gasteiger partial charge in [0.15, 0.2) is 0 Å². The fourth-order valence-electron chi connectivity index (χ4n) is 4.86. The summed E-state index contributed by atoms with van der Waals surface area (Å²) in [4.78, 5) is 30.1. The normalized spacial score (nSPS) is 15.3. The number of thiophene rings is 1. The molecule has 0 bridgehead atoms. The Labute approximate surface area is 235 Å². The van der Waals surface area contributed by atoms with Crippen LogP contribution >= 0.6 is 22.9 Å². The number of halogens is 1. The van der Waals surface area contributed by atoms with Gasteiger partial charge in [-0.25, -0.2) is 4.99 Å². The van der Waals surface area contributed by atoms with Crippen LogP contribution < -0.4 is 5.32 Å². The van der Waals surface area contributed by atoms with Crippen molar-refractivity contribution in [2.45, 2.75) is 40.0 Å². The number of nitrogens with one attached hydrogen (secondary N) is 1. The number of carbonyl (C=O) groups excluding carboxylic acids is 1. The Hall–Kier alpha value is -3.75. The molecule has 4 aromatic rings. The molecule has 1 aliphatic rings. The molecule has 2 aromatic heterocycles. The van der Waals surface area contributed by atoms with E-state index in [9.17, 15) is 14.9 Å². The van der Waals surface area contributed by atoms with Crippen LogP contribution in [0.2, 0.25) is 5.02 Å². The molecule has 200 valence electrons. The zero-order chi connectivity index (χ0) is 27.7. The number of hydrogen-bond donors (Lipinski definition) is 1. The van der Waals surface area contributed by atoms with Gasteiger partial charge >= 0.3 is 0 Å². The average molecular weight is 562 g/mol. The minimum Gasteiger partial charge on any atom is -0.455 e. The van der Waals surface area contributed by atoms with Crippen molar-refractivity contribution in [1.29, 1.82) is 0 Å². The second-order valence-electron chi connectivity index (χ2n) is 10.7. The van der Waals surface area contributed by atoms with Crippen LogP contribution in [0.1, 0.15) is 53.8 Å². The topological polar surface area (TPSA) is 97.7 Å². The maximum absolute atomic E-state index is 13.5. The lowest BCUT2D eigenvalue weighted by Crippen LogP contribution is -2.27. The zero-order valence-corrected chi connectivity index (χ0v) is 23.4. The van der Waals surface area contributed by atoms with E-state index in [4.69, 9.17) is 21.0 Å². The summed E-state index contributed by atoms with van der Waals surface area (Å²) < 4.78 is 5.91. The van der Waals surface area contributed by atoms with Gasteiger partial charge in [0.2, 0.25) is 0 Å². The molecule has 1 atom stereocenters. The number of nitro groups is 1. The molecule has 1 amide bonds. The van der Waals surface area contributed by atoms with E-state index in [1.165, 1.54) is 23.1 Å². The van der Waals surface area contributed by atoms with E-state index >= 15 is 0 Å². The van der Waals surface area contributed by atoms with Crippen LogP contribution in [-0.4, -0.2) is 17.0 Å². The van der Waals surface area contributed by atoms with Gasteiger partial charge in [-0.15, -0.1) is 11.3 Å². The van der Waals surface area contributed by atoms with E-state index in [-0.39, 0.29) is 17.0 Å². The summed E-state index contributed by atoms with van der Waals surface area (Å²) in [5.41, 5.74) is 2.93. The number of nitro benzene ring substituents is 1. The van der Waals surface area contributed by atoms with Crippen molar-refractivity contribution in [3.8, 4) is 11.3 Å². The Morgan fingerprint density at radius 1 is 1.18 bits per heavy atom. The number of furan rings is 1. The van der Waals surface area contributed by atoms with Crippen LogP contribution in [0.25, 0.3) is 11.3 Å². The number of non-ortho nitro benzene ring substituents is 1. The van der Waals surface area contributed by atoms with Crippen molar-refractivity contribution in [1.82, 2.24) is 0 Å². The summed E-state index contributed by atoms with van der Waals surface area (Å²) in [6, 6.07) is 17.0. The summed E-state index contributed by atoms with van der Waals surface area (Å²) >= 11 is 7.84. The number of para-hydroxylation sites is 1. The molecule has 39 heavy (non-hydrogen) atoms. The molecular formula is C30H28ClN3O4S. The first-order valence-electron chi connectivity index (χ1n) is 12.7. The molecule has 0 spiro atoms. The Balaban J connectivity index is 1.47. The zero-order valence-electron chi connectivity index (χ0n) is 21.9. The molecule has 0 saturated carbocycles. The first-order valence-corrected chi connectivity index (χ1v) is 13.9. The molecular weight excluding hydrogens is 534 g/mol. The number of hydrogen-bond acceptors (Lipinski definition) is 6. The number of rotatable bonds is 6. The van der Waals surface area contributed by atoms with Gasteiger partial charge in [-0.1, -0.05) is 50.6 Å². The fraction of sp³-hybridized carbons (Fsp3) is 0.267. The van der Waals surface area contributed by atoms with Crippen LogP contribution in [0.5, 0.6) is 0 Å². The Kier molecular flexibility index (Phi) is 7.42. The van der Waals surface area contributed by atoms with Crippen LogP contribution in [0.3, 0.4) is 0 Å². The van der Waals surface area contributed by atoms with Gasteiger partial charge in [-0.05, 0) is 66.5 Å². The van der Waals surface area contributed by atoms with Crippen molar-refractivity contribution in [3.63, 3.8) is 0 Å².